The molecule has 1 aromatic heterocycles. The molecule has 2 rings (SSSR count). The summed E-state index contributed by atoms with van der Waals surface area (Å²) in [5, 5.41) is 3.25. The van der Waals surface area contributed by atoms with E-state index < -0.39 is 5.97 Å². The fourth-order valence-electron chi connectivity index (χ4n) is 1.82. The van der Waals surface area contributed by atoms with Crippen LogP contribution in [-0.4, -0.2) is 27.2 Å². The molecule has 1 aromatic carbocycles. The SMILES string of the molecule is COC(=O)c1occc1CNc1ccc(N(C)C)cc1. The van der Waals surface area contributed by atoms with E-state index >= 15 is 0 Å². The molecule has 0 amide bonds. The zero-order chi connectivity index (χ0) is 14.5. The van der Waals surface area contributed by atoms with Crippen LogP contribution in [0.4, 0.5) is 11.4 Å². The van der Waals surface area contributed by atoms with Crippen LogP contribution in [-0.2, 0) is 11.3 Å². The third kappa shape index (κ3) is 3.12. The second-order valence-electron chi connectivity index (χ2n) is 4.56. The van der Waals surface area contributed by atoms with Crippen LogP contribution in [0, 0.1) is 0 Å². The predicted molar refractivity (Wildman–Crippen MR) is 78.1 cm³/mol. The lowest BCUT2D eigenvalue weighted by Crippen LogP contribution is -2.09. The Morgan fingerprint density at radius 3 is 2.55 bits per heavy atom. The van der Waals surface area contributed by atoms with E-state index in [0.717, 1.165) is 16.9 Å². The maximum atomic E-state index is 11.5. The fraction of sp³-hybridized carbons (Fsp3) is 0.267. The number of carbonyl (C=O) groups is 1. The van der Waals surface area contributed by atoms with Crippen LogP contribution < -0.4 is 10.2 Å². The van der Waals surface area contributed by atoms with Crippen molar-refractivity contribution in [1.29, 1.82) is 0 Å². The van der Waals surface area contributed by atoms with Crippen LogP contribution in [0.3, 0.4) is 0 Å². The number of carbonyl (C=O) groups excluding carboxylic acids is 1. The minimum Gasteiger partial charge on any atom is -0.463 e. The Morgan fingerprint density at radius 1 is 1.25 bits per heavy atom. The second kappa shape index (κ2) is 6.14. The van der Waals surface area contributed by atoms with Gasteiger partial charge in [0.1, 0.15) is 0 Å². The smallest absolute Gasteiger partial charge is 0.374 e. The number of nitrogens with one attached hydrogen (secondary N) is 1. The Balaban J connectivity index is 2.02. The van der Waals surface area contributed by atoms with Gasteiger partial charge in [0.05, 0.1) is 13.4 Å². The van der Waals surface area contributed by atoms with Crippen LogP contribution in [0.25, 0.3) is 0 Å². The van der Waals surface area contributed by atoms with Crippen molar-refractivity contribution in [3.63, 3.8) is 0 Å². The predicted octanol–water partition coefficient (Wildman–Crippen LogP) is 2.74. The van der Waals surface area contributed by atoms with Crippen LogP contribution in [0.2, 0.25) is 0 Å². The van der Waals surface area contributed by atoms with Crippen molar-refractivity contribution in [3.8, 4) is 0 Å². The van der Waals surface area contributed by atoms with Gasteiger partial charge in [0, 0.05) is 37.6 Å². The number of nitrogens with zero attached hydrogens (tertiary/aromatic N) is 1. The quantitative estimate of drug-likeness (QED) is 0.850. The summed E-state index contributed by atoms with van der Waals surface area (Å²) in [6.45, 7) is 0.502. The average Bonchev–Trinajstić information content (AvgIpc) is 2.93. The van der Waals surface area contributed by atoms with E-state index in [-0.39, 0.29) is 5.76 Å². The van der Waals surface area contributed by atoms with Crippen molar-refractivity contribution in [2.45, 2.75) is 6.54 Å². The highest BCUT2D eigenvalue weighted by atomic mass is 16.5. The molecular weight excluding hydrogens is 256 g/mol. The molecule has 20 heavy (non-hydrogen) atoms. The summed E-state index contributed by atoms with van der Waals surface area (Å²) < 4.78 is 9.80. The number of anilines is 2. The molecular formula is C15H18N2O3. The molecule has 0 saturated carbocycles. The first-order chi connectivity index (χ1) is 9.61. The largest absolute Gasteiger partial charge is 0.463 e. The highest BCUT2D eigenvalue weighted by Crippen LogP contribution is 2.18. The van der Waals surface area contributed by atoms with E-state index in [1.165, 1.54) is 13.4 Å². The molecule has 0 bridgehead atoms. The molecule has 0 fully saturated rings. The Morgan fingerprint density at radius 2 is 1.95 bits per heavy atom. The lowest BCUT2D eigenvalue weighted by molar-refractivity contribution is 0.0563. The van der Waals surface area contributed by atoms with E-state index in [1.54, 1.807) is 6.07 Å². The summed E-state index contributed by atoms with van der Waals surface area (Å²) in [7, 11) is 5.33. The van der Waals surface area contributed by atoms with Crippen molar-refractivity contribution in [2.75, 3.05) is 31.4 Å². The third-order valence-electron chi connectivity index (χ3n) is 2.98. The Labute approximate surface area is 118 Å². The third-order valence-corrected chi connectivity index (χ3v) is 2.98. The van der Waals surface area contributed by atoms with Gasteiger partial charge in [-0.25, -0.2) is 4.79 Å². The standard InChI is InChI=1S/C15H18N2O3/c1-17(2)13-6-4-12(5-7-13)16-10-11-8-9-20-14(11)15(18)19-3/h4-9,16H,10H2,1-3H3. The molecule has 0 aliphatic carbocycles. The molecule has 5 nitrogen and oxygen atoms in total. The minimum absolute atomic E-state index is 0.241. The van der Waals surface area contributed by atoms with Crippen LogP contribution in [0.5, 0.6) is 0 Å². The van der Waals surface area contributed by atoms with Gasteiger partial charge in [0.2, 0.25) is 5.76 Å². The van der Waals surface area contributed by atoms with Gasteiger partial charge >= 0.3 is 5.97 Å². The molecule has 0 spiro atoms. The van der Waals surface area contributed by atoms with Gasteiger partial charge in [-0.2, -0.15) is 0 Å². The maximum Gasteiger partial charge on any atom is 0.374 e. The number of methoxy groups -OCH3 is 1. The Kier molecular flexibility index (Phi) is 4.30. The van der Waals surface area contributed by atoms with Crippen LogP contribution in [0.15, 0.2) is 41.0 Å². The van der Waals surface area contributed by atoms with E-state index in [2.05, 4.69) is 10.1 Å². The van der Waals surface area contributed by atoms with Gasteiger partial charge in [-0.1, -0.05) is 0 Å². The number of furan rings is 1. The lowest BCUT2D eigenvalue weighted by Gasteiger charge is -2.13. The van der Waals surface area contributed by atoms with Crippen LogP contribution >= 0.6 is 0 Å². The number of hydrogen-bond acceptors (Lipinski definition) is 5. The van der Waals surface area contributed by atoms with Crippen molar-refractivity contribution in [3.05, 3.63) is 47.9 Å². The highest BCUT2D eigenvalue weighted by Gasteiger charge is 2.15. The molecule has 0 unspecified atom stereocenters. The molecule has 0 aliphatic heterocycles. The number of rotatable bonds is 5. The summed E-state index contributed by atoms with van der Waals surface area (Å²) in [5.74, 6) is -0.223. The van der Waals surface area contributed by atoms with Gasteiger partial charge in [-0.05, 0) is 30.3 Å². The minimum atomic E-state index is -0.463. The van der Waals surface area contributed by atoms with Crippen molar-refractivity contribution in [2.24, 2.45) is 0 Å². The van der Waals surface area contributed by atoms with E-state index in [4.69, 9.17) is 4.42 Å². The van der Waals surface area contributed by atoms with Crippen molar-refractivity contribution < 1.29 is 13.9 Å². The van der Waals surface area contributed by atoms with E-state index in [1.807, 2.05) is 43.3 Å². The number of hydrogen-bond donors (Lipinski definition) is 1. The van der Waals surface area contributed by atoms with Gasteiger partial charge in [0.15, 0.2) is 0 Å². The summed E-state index contributed by atoms with van der Waals surface area (Å²) in [6.07, 6.45) is 1.48. The zero-order valence-corrected chi connectivity index (χ0v) is 11.8. The number of benzene rings is 1. The first-order valence-electron chi connectivity index (χ1n) is 6.27. The summed E-state index contributed by atoms with van der Waals surface area (Å²) in [6, 6.07) is 9.80. The van der Waals surface area contributed by atoms with Gasteiger partial charge in [-0.15, -0.1) is 0 Å². The molecule has 1 N–H and O–H groups in total. The highest BCUT2D eigenvalue weighted by molar-refractivity contribution is 5.87. The summed E-state index contributed by atoms with van der Waals surface area (Å²) >= 11 is 0. The van der Waals surface area contributed by atoms with Gasteiger partial charge < -0.3 is 19.4 Å². The zero-order valence-electron chi connectivity index (χ0n) is 11.8. The molecule has 0 aliphatic rings. The average molecular weight is 274 g/mol. The van der Waals surface area contributed by atoms with Gasteiger partial charge in [0.25, 0.3) is 0 Å². The molecule has 0 saturated heterocycles. The molecule has 5 heteroatoms. The Hall–Kier alpha value is -2.43. The van der Waals surface area contributed by atoms with Gasteiger partial charge in [-0.3, -0.25) is 0 Å². The van der Waals surface area contributed by atoms with Crippen molar-refractivity contribution in [1.82, 2.24) is 0 Å². The first kappa shape index (κ1) is 14.0. The Bertz CT molecular complexity index is 573. The second-order valence-corrected chi connectivity index (χ2v) is 4.56. The fourth-order valence-corrected chi connectivity index (χ4v) is 1.82. The molecule has 0 atom stereocenters. The number of ether oxygens (including phenoxy) is 1. The molecule has 106 valence electrons. The molecule has 2 aromatic rings. The molecule has 0 radical (unpaired) electrons. The monoisotopic (exact) mass is 274 g/mol. The van der Waals surface area contributed by atoms with E-state index in [9.17, 15) is 4.79 Å². The normalized spacial score (nSPS) is 10.2. The number of esters is 1. The first-order valence-corrected chi connectivity index (χ1v) is 6.27. The van der Waals surface area contributed by atoms with Crippen LogP contribution in [0.1, 0.15) is 16.1 Å². The topological polar surface area (TPSA) is 54.7 Å². The van der Waals surface area contributed by atoms with Crippen molar-refractivity contribution >= 4 is 17.3 Å². The summed E-state index contributed by atoms with van der Waals surface area (Å²) in [5.41, 5.74) is 2.88. The molecule has 1 heterocycles. The summed E-state index contributed by atoms with van der Waals surface area (Å²) in [4.78, 5) is 13.5. The van der Waals surface area contributed by atoms with E-state index in [0.29, 0.717) is 6.54 Å². The lowest BCUT2D eigenvalue weighted by atomic mass is 10.2. The maximum absolute atomic E-state index is 11.5.